The van der Waals surface area contributed by atoms with Crippen molar-refractivity contribution in [1.29, 1.82) is 0 Å². The van der Waals surface area contributed by atoms with E-state index in [1.807, 2.05) is 6.20 Å². The Morgan fingerprint density at radius 2 is 1.93 bits per heavy atom. The molecule has 1 aromatic rings. The summed E-state index contributed by atoms with van der Waals surface area (Å²) in [5.41, 5.74) is 2.95. The van der Waals surface area contributed by atoms with Crippen LogP contribution in [0.25, 0.3) is 0 Å². The summed E-state index contributed by atoms with van der Waals surface area (Å²) in [4.78, 5) is 4.45. The van der Waals surface area contributed by atoms with E-state index in [1.54, 1.807) is 0 Å². The molecular weight excluding hydrogens is 170 g/mol. The molecule has 0 fully saturated rings. The third-order valence-corrected chi connectivity index (χ3v) is 2.43. The Labute approximate surface area is 87.6 Å². The Bertz CT molecular complexity index is 266. The predicted octanol–water partition coefficient (Wildman–Crippen LogP) is 3.62. The van der Waals surface area contributed by atoms with Crippen LogP contribution >= 0.6 is 0 Å². The average Bonchev–Trinajstić information content (AvgIpc) is 2.14. The van der Waals surface area contributed by atoms with E-state index < -0.39 is 0 Å². The second kappa shape index (κ2) is 4.59. The van der Waals surface area contributed by atoms with Crippen molar-refractivity contribution in [2.75, 3.05) is 0 Å². The molecule has 0 spiro atoms. The summed E-state index contributed by atoms with van der Waals surface area (Å²) in [6.07, 6.45) is 5.36. The number of hydrogen-bond acceptors (Lipinski definition) is 1. The first-order chi connectivity index (χ1) is 6.51. The molecule has 0 aliphatic heterocycles. The van der Waals surface area contributed by atoms with E-state index in [1.165, 1.54) is 17.7 Å². The number of aryl methyl sites for hydroxylation is 2. The number of aromatic nitrogens is 1. The Morgan fingerprint density at radius 3 is 2.36 bits per heavy atom. The number of nitrogens with zero attached hydrogens (tertiary/aromatic N) is 1. The van der Waals surface area contributed by atoms with Crippen LogP contribution in [0, 0.1) is 5.41 Å². The summed E-state index contributed by atoms with van der Waals surface area (Å²) >= 11 is 0. The molecule has 14 heavy (non-hydrogen) atoms. The monoisotopic (exact) mass is 191 g/mol. The van der Waals surface area contributed by atoms with E-state index in [4.69, 9.17) is 0 Å². The Morgan fingerprint density at radius 1 is 1.21 bits per heavy atom. The summed E-state index contributed by atoms with van der Waals surface area (Å²) in [6, 6.07) is 4.34. The maximum atomic E-state index is 4.45. The van der Waals surface area contributed by atoms with Crippen LogP contribution in [0.1, 0.15) is 45.4 Å². The Hall–Kier alpha value is -0.850. The third kappa shape index (κ3) is 3.91. The highest BCUT2D eigenvalue weighted by Crippen LogP contribution is 2.20. The minimum absolute atomic E-state index is 0.408. The van der Waals surface area contributed by atoms with Crippen LogP contribution in [0.3, 0.4) is 0 Å². The van der Waals surface area contributed by atoms with E-state index in [-0.39, 0.29) is 0 Å². The molecule has 1 heterocycles. The van der Waals surface area contributed by atoms with Crippen LogP contribution in [0.4, 0.5) is 0 Å². The highest BCUT2D eigenvalue weighted by molar-refractivity contribution is 5.14. The van der Waals surface area contributed by atoms with Crippen LogP contribution in [0.2, 0.25) is 0 Å². The molecule has 0 amide bonds. The van der Waals surface area contributed by atoms with Crippen molar-refractivity contribution in [3.8, 4) is 0 Å². The lowest BCUT2D eigenvalue weighted by molar-refractivity contribution is 0.376. The molecule has 1 aromatic heterocycles. The average molecular weight is 191 g/mol. The van der Waals surface area contributed by atoms with Gasteiger partial charge in [0.2, 0.25) is 0 Å². The zero-order chi connectivity index (χ0) is 10.6. The van der Waals surface area contributed by atoms with Gasteiger partial charge in [0.25, 0.3) is 0 Å². The molecule has 78 valence electrons. The van der Waals surface area contributed by atoms with E-state index in [9.17, 15) is 0 Å². The first-order valence-electron chi connectivity index (χ1n) is 5.45. The highest BCUT2D eigenvalue weighted by atomic mass is 14.7. The second-order valence-corrected chi connectivity index (χ2v) is 5.07. The molecule has 0 radical (unpaired) electrons. The van der Waals surface area contributed by atoms with Gasteiger partial charge in [0.05, 0.1) is 0 Å². The van der Waals surface area contributed by atoms with Crippen LogP contribution in [-0.4, -0.2) is 4.98 Å². The smallest absolute Gasteiger partial charge is 0.0404 e. The van der Waals surface area contributed by atoms with Crippen molar-refractivity contribution < 1.29 is 0 Å². The van der Waals surface area contributed by atoms with Crippen LogP contribution in [0.5, 0.6) is 0 Å². The lowest BCUT2D eigenvalue weighted by atomic mass is 9.90. The zero-order valence-corrected chi connectivity index (χ0v) is 9.80. The van der Waals surface area contributed by atoms with Crippen LogP contribution in [-0.2, 0) is 12.8 Å². The van der Waals surface area contributed by atoms with Gasteiger partial charge in [-0.05, 0) is 36.3 Å². The van der Waals surface area contributed by atoms with Gasteiger partial charge in [-0.1, -0.05) is 33.8 Å². The fraction of sp³-hybridized carbons (Fsp3) is 0.615. The van der Waals surface area contributed by atoms with E-state index in [2.05, 4.69) is 44.8 Å². The molecule has 0 aliphatic rings. The van der Waals surface area contributed by atoms with Crippen molar-refractivity contribution in [3.05, 3.63) is 29.6 Å². The Balaban J connectivity index is 2.52. The van der Waals surface area contributed by atoms with Crippen molar-refractivity contribution in [3.63, 3.8) is 0 Å². The number of pyridine rings is 1. The van der Waals surface area contributed by atoms with E-state index in [0.29, 0.717) is 5.41 Å². The maximum absolute atomic E-state index is 4.45. The van der Waals surface area contributed by atoms with Gasteiger partial charge >= 0.3 is 0 Å². The number of hydrogen-bond donors (Lipinski definition) is 0. The summed E-state index contributed by atoms with van der Waals surface area (Å²) in [5.74, 6) is 0. The lowest BCUT2D eigenvalue weighted by Crippen LogP contribution is -2.07. The molecule has 0 saturated heterocycles. The van der Waals surface area contributed by atoms with E-state index >= 15 is 0 Å². The number of rotatable bonds is 3. The molecule has 1 nitrogen and oxygen atoms in total. The third-order valence-electron chi connectivity index (χ3n) is 2.43. The fourth-order valence-corrected chi connectivity index (χ4v) is 1.32. The molecule has 0 saturated carbocycles. The molecule has 0 atom stereocenters. The molecule has 0 aliphatic carbocycles. The van der Waals surface area contributed by atoms with Gasteiger partial charge in [0.15, 0.2) is 0 Å². The summed E-state index contributed by atoms with van der Waals surface area (Å²) in [6.45, 7) is 8.97. The normalized spacial score (nSPS) is 11.7. The summed E-state index contributed by atoms with van der Waals surface area (Å²) in [5, 5.41) is 0. The second-order valence-electron chi connectivity index (χ2n) is 5.07. The van der Waals surface area contributed by atoms with Gasteiger partial charge in [0, 0.05) is 11.9 Å². The molecule has 0 N–H and O–H groups in total. The van der Waals surface area contributed by atoms with Gasteiger partial charge < -0.3 is 0 Å². The molecule has 1 heteroatoms. The minimum atomic E-state index is 0.408. The van der Waals surface area contributed by atoms with E-state index in [0.717, 1.165) is 12.8 Å². The zero-order valence-electron chi connectivity index (χ0n) is 9.80. The standard InChI is InChI=1S/C13H21N/c1-5-11-6-7-12(14-10-11)8-9-13(2,3)4/h6-7,10H,5,8-9H2,1-4H3. The van der Waals surface area contributed by atoms with Gasteiger partial charge in [-0.3, -0.25) is 4.98 Å². The van der Waals surface area contributed by atoms with Crippen LogP contribution in [0.15, 0.2) is 18.3 Å². The van der Waals surface area contributed by atoms with Crippen molar-refractivity contribution in [1.82, 2.24) is 4.98 Å². The van der Waals surface area contributed by atoms with Crippen molar-refractivity contribution >= 4 is 0 Å². The molecule has 0 unspecified atom stereocenters. The Kier molecular flexibility index (Phi) is 3.68. The molecule has 1 rings (SSSR count). The largest absolute Gasteiger partial charge is 0.261 e. The van der Waals surface area contributed by atoms with Gasteiger partial charge in [0.1, 0.15) is 0 Å². The van der Waals surface area contributed by atoms with Crippen LogP contribution < -0.4 is 0 Å². The van der Waals surface area contributed by atoms with Gasteiger partial charge in [-0.25, -0.2) is 0 Å². The topological polar surface area (TPSA) is 12.9 Å². The quantitative estimate of drug-likeness (QED) is 0.711. The first-order valence-corrected chi connectivity index (χ1v) is 5.45. The summed E-state index contributed by atoms with van der Waals surface area (Å²) < 4.78 is 0. The predicted molar refractivity (Wildman–Crippen MR) is 61.4 cm³/mol. The molecule has 0 aromatic carbocycles. The SMILES string of the molecule is CCc1ccc(CCC(C)(C)C)nc1. The lowest BCUT2D eigenvalue weighted by Gasteiger charge is -2.17. The van der Waals surface area contributed by atoms with Gasteiger partial charge in [-0.2, -0.15) is 0 Å². The minimum Gasteiger partial charge on any atom is -0.261 e. The molecule has 0 bridgehead atoms. The van der Waals surface area contributed by atoms with Crippen molar-refractivity contribution in [2.45, 2.75) is 47.0 Å². The highest BCUT2D eigenvalue weighted by Gasteiger charge is 2.10. The van der Waals surface area contributed by atoms with Crippen molar-refractivity contribution in [2.24, 2.45) is 5.41 Å². The first kappa shape index (κ1) is 11.2. The summed E-state index contributed by atoms with van der Waals surface area (Å²) in [7, 11) is 0. The molecular formula is C13H21N. The maximum Gasteiger partial charge on any atom is 0.0404 e. The van der Waals surface area contributed by atoms with Gasteiger partial charge in [-0.15, -0.1) is 0 Å². The fourth-order valence-electron chi connectivity index (χ4n) is 1.32.